The molecule has 5 aliphatic carbocycles. The third-order valence-corrected chi connectivity index (χ3v) is 10.8. The summed E-state index contributed by atoms with van der Waals surface area (Å²) < 4.78 is 45.7. The van der Waals surface area contributed by atoms with E-state index < -0.39 is 81.1 Å². The van der Waals surface area contributed by atoms with Crippen LogP contribution in [0.2, 0.25) is 0 Å². The first-order valence-electron chi connectivity index (χ1n) is 13.2. The summed E-state index contributed by atoms with van der Waals surface area (Å²) in [6.45, 7) is 6.68. The van der Waals surface area contributed by atoms with Crippen molar-refractivity contribution in [3.05, 3.63) is 23.8 Å². The number of Topliss-reactive ketones (excluding diaryl/α,β-unsaturated/α-hetero) is 1. The van der Waals surface area contributed by atoms with Gasteiger partial charge in [-0.15, -0.1) is 0 Å². The molecule has 9 atom stereocenters. The highest BCUT2D eigenvalue weighted by Gasteiger charge is 2.81. The maximum atomic E-state index is 17.4. The first kappa shape index (κ1) is 25.3. The zero-order valence-electron chi connectivity index (χ0n) is 21.6. The van der Waals surface area contributed by atoms with Crippen molar-refractivity contribution >= 4 is 17.5 Å². The molecule has 0 amide bonds. The fraction of sp³-hybridized carbons (Fsp3) is 0.750. The third-order valence-electron chi connectivity index (χ3n) is 10.8. The smallest absolute Gasteiger partial charge is 0.310 e. The molecule has 0 aromatic carbocycles. The van der Waals surface area contributed by atoms with Crippen LogP contribution in [-0.4, -0.2) is 63.2 Å². The van der Waals surface area contributed by atoms with E-state index in [-0.39, 0.29) is 31.3 Å². The lowest BCUT2D eigenvalue weighted by Crippen LogP contribution is -2.71. The molecule has 0 bridgehead atoms. The van der Waals surface area contributed by atoms with Crippen LogP contribution in [0.3, 0.4) is 0 Å². The zero-order valence-corrected chi connectivity index (χ0v) is 21.6. The molecule has 1 aliphatic heterocycles. The van der Waals surface area contributed by atoms with Gasteiger partial charge in [0.1, 0.15) is 6.17 Å². The van der Waals surface area contributed by atoms with Gasteiger partial charge in [-0.1, -0.05) is 13.0 Å². The van der Waals surface area contributed by atoms with Crippen LogP contribution >= 0.6 is 0 Å². The molecule has 0 radical (unpaired) electrons. The van der Waals surface area contributed by atoms with Crippen molar-refractivity contribution in [3.8, 4) is 0 Å². The van der Waals surface area contributed by atoms with E-state index in [1.54, 1.807) is 20.8 Å². The topological polar surface area (TPSA) is 110 Å². The molecule has 6 aliphatic rings. The van der Waals surface area contributed by atoms with Crippen molar-refractivity contribution in [2.24, 2.45) is 28.1 Å². The Morgan fingerprint density at radius 1 is 1.14 bits per heavy atom. The second-order valence-electron chi connectivity index (χ2n) is 13.1. The molecule has 2 N–H and O–H groups in total. The van der Waals surface area contributed by atoms with E-state index in [1.165, 1.54) is 19.1 Å². The number of carboxylic acid groups (broad SMARTS) is 1. The number of alkyl halides is 2. The molecule has 4 unspecified atom stereocenters. The van der Waals surface area contributed by atoms with E-state index in [9.17, 15) is 24.6 Å². The van der Waals surface area contributed by atoms with Gasteiger partial charge in [0.15, 0.2) is 28.6 Å². The molecule has 4 saturated carbocycles. The van der Waals surface area contributed by atoms with Gasteiger partial charge in [-0.25, -0.2) is 8.78 Å². The van der Waals surface area contributed by atoms with Crippen LogP contribution in [0.4, 0.5) is 8.78 Å². The third kappa shape index (κ3) is 2.88. The maximum absolute atomic E-state index is 17.4. The van der Waals surface area contributed by atoms with E-state index in [4.69, 9.17) is 9.47 Å². The standard InChI is InChI=1S/C28H34F2O7/c1-23(2)36-21-11-15-16-10-18(29)17-9-14(31)5-6-24(17,3)27(16,30)19(32)12-25(15,4)28(21,37-23)20(33)13-26(7-8-26)22(34)35/h5-6,9,15-16,18-19,21,32H,7-8,10-13H2,1-4H3,(H,34,35)/t15?,16?,18-,19-,21?,24-,25-,27?,28+/m0/s1. The van der Waals surface area contributed by atoms with E-state index in [0.29, 0.717) is 12.8 Å². The van der Waals surface area contributed by atoms with Crippen LogP contribution in [0.1, 0.15) is 66.2 Å². The first-order chi connectivity index (χ1) is 17.1. The average Bonchev–Trinajstić information content (AvgIpc) is 3.47. The Balaban J connectivity index is 1.46. The van der Waals surface area contributed by atoms with E-state index in [1.807, 2.05) is 0 Å². The zero-order chi connectivity index (χ0) is 27.0. The number of halogens is 2. The predicted molar refractivity (Wildman–Crippen MR) is 126 cm³/mol. The number of aliphatic hydroxyl groups is 1. The quantitative estimate of drug-likeness (QED) is 0.583. The Hall–Kier alpha value is -1.97. The molecular weight excluding hydrogens is 486 g/mol. The summed E-state index contributed by atoms with van der Waals surface area (Å²) in [5.74, 6) is -4.55. The summed E-state index contributed by atoms with van der Waals surface area (Å²) in [7, 11) is 0. The average molecular weight is 521 g/mol. The van der Waals surface area contributed by atoms with Gasteiger partial charge in [0.25, 0.3) is 0 Å². The number of ether oxygens (including phenoxy) is 2. The van der Waals surface area contributed by atoms with Gasteiger partial charge in [-0.05, 0) is 76.5 Å². The SMILES string of the molecule is CC1(C)OC2CC3C4C[C@H](F)C5=CC(=O)C=C[C@]5(C)C4(F)[C@@H](O)C[C@]3(C)[C@]2(C(=O)CC2(C(=O)O)CC2)O1. The molecule has 1 heterocycles. The van der Waals surface area contributed by atoms with E-state index in [0.717, 1.165) is 6.08 Å². The molecule has 37 heavy (non-hydrogen) atoms. The van der Waals surface area contributed by atoms with Gasteiger partial charge in [0, 0.05) is 23.2 Å². The number of fused-ring (bicyclic) bond motifs is 7. The number of carbonyl (C=O) groups excluding carboxylic acids is 2. The lowest BCUT2D eigenvalue weighted by atomic mass is 9.44. The number of rotatable bonds is 4. The fourth-order valence-corrected chi connectivity index (χ4v) is 8.86. The molecule has 0 aromatic rings. The summed E-state index contributed by atoms with van der Waals surface area (Å²) in [4.78, 5) is 38.1. The van der Waals surface area contributed by atoms with Crippen LogP contribution < -0.4 is 0 Å². The molecule has 0 aromatic heterocycles. The van der Waals surface area contributed by atoms with Crippen LogP contribution in [0, 0.1) is 28.1 Å². The Kier molecular flexibility index (Phi) is 4.90. The second kappa shape index (κ2) is 7.16. The van der Waals surface area contributed by atoms with E-state index in [2.05, 4.69) is 0 Å². The highest BCUT2D eigenvalue weighted by Crippen LogP contribution is 2.73. The van der Waals surface area contributed by atoms with Crippen LogP contribution in [-0.2, 0) is 23.9 Å². The van der Waals surface area contributed by atoms with Crippen molar-refractivity contribution in [2.45, 2.75) is 102 Å². The minimum absolute atomic E-state index is 0.0381. The number of hydrogen-bond acceptors (Lipinski definition) is 6. The van der Waals surface area contributed by atoms with Gasteiger partial charge in [0.2, 0.25) is 0 Å². The summed E-state index contributed by atoms with van der Waals surface area (Å²) in [6.07, 6.45) is 0.183. The molecule has 0 spiro atoms. The van der Waals surface area contributed by atoms with Crippen LogP contribution in [0.5, 0.6) is 0 Å². The van der Waals surface area contributed by atoms with Gasteiger partial charge in [-0.2, -0.15) is 0 Å². The van der Waals surface area contributed by atoms with Crippen molar-refractivity contribution in [3.63, 3.8) is 0 Å². The lowest BCUT2D eigenvalue weighted by Gasteiger charge is -2.63. The van der Waals surface area contributed by atoms with Crippen LogP contribution in [0.25, 0.3) is 0 Å². The Bertz CT molecular complexity index is 1170. The second-order valence-corrected chi connectivity index (χ2v) is 13.1. The molecule has 202 valence electrons. The number of hydrogen-bond donors (Lipinski definition) is 2. The largest absolute Gasteiger partial charge is 0.481 e. The van der Waals surface area contributed by atoms with Crippen molar-refractivity contribution in [1.29, 1.82) is 0 Å². The lowest BCUT2D eigenvalue weighted by molar-refractivity contribution is -0.248. The highest BCUT2D eigenvalue weighted by atomic mass is 19.1. The van der Waals surface area contributed by atoms with Crippen molar-refractivity contribution < 1.29 is 42.9 Å². The Morgan fingerprint density at radius 3 is 2.43 bits per heavy atom. The number of carboxylic acids is 1. The number of aliphatic hydroxyl groups excluding tert-OH is 1. The summed E-state index contributed by atoms with van der Waals surface area (Å²) in [5.41, 5.74) is -7.62. The maximum Gasteiger partial charge on any atom is 0.310 e. The van der Waals surface area contributed by atoms with Crippen molar-refractivity contribution in [2.75, 3.05) is 0 Å². The normalized spacial score (nSPS) is 50.4. The minimum Gasteiger partial charge on any atom is -0.481 e. The molecule has 5 fully saturated rings. The number of allylic oxidation sites excluding steroid dienone is 4. The molecule has 6 rings (SSSR count). The molecule has 1 saturated heterocycles. The predicted octanol–water partition coefficient (Wildman–Crippen LogP) is 3.63. The van der Waals surface area contributed by atoms with Gasteiger partial charge < -0.3 is 19.7 Å². The molecular formula is C28H34F2O7. The highest BCUT2D eigenvalue weighted by molar-refractivity contribution is 6.01. The Morgan fingerprint density at radius 2 is 1.81 bits per heavy atom. The summed E-state index contributed by atoms with van der Waals surface area (Å²) >= 11 is 0. The fourth-order valence-electron chi connectivity index (χ4n) is 8.86. The first-order valence-corrected chi connectivity index (χ1v) is 13.2. The van der Waals surface area contributed by atoms with Gasteiger partial charge >= 0.3 is 5.97 Å². The number of carbonyl (C=O) groups is 3. The number of ketones is 2. The van der Waals surface area contributed by atoms with Crippen molar-refractivity contribution in [1.82, 2.24) is 0 Å². The van der Waals surface area contributed by atoms with Crippen LogP contribution in [0.15, 0.2) is 23.8 Å². The Labute approximate surface area is 214 Å². The number of aliphatic carboxylic acids is 1. The molecule has 9 heteroatoms. The summed E-state index contributed by atoms with van der Waals surface area (Å²) in [6, 6.07) is 0. The monoisotopic (exact) mass is 520 g/mol. The van der Waals surface area contributed by atoms with E-state index >= 15 is 8.78 Å². The summed E-state index contributed by atoms with van der Waals surface area (Å²) in [5, 5.41) is 21.3. The minimum atomic E-state index is -2.28. The van der Waals surface area contributed by atoms with Gasteiger partial charge in [-0.3, -0.25) is 14.4 Å². The van der Waals surface area contributed by atoms with Gasteiger partial charge in [0.05, 0.1) is 17.6 Å². The molecule has 7 nitrogen and oxygen atoms in total.